The zero-order valence-corrected chi connectivity index (χ0v) is 14.0. The number of carbonyl (C=O) groups excluding carboxylic acids is 1. The molecule has 6 heteroatoms. The lowest BCUT2D eigenvalue weighted by molar-refractivity contribution is -0.112. The lowest BCUT2D eigenvalue weighted by Crippen LogP contribution is -2.13. The number of nitrogens with zero attached hydrogens (tertiary/aromatic N) is 1. The topological polar surface area (TPSA) is 82.3 Å². The minimum Gasteiger partial charge on any atom is -0.508 e. The SMILES string of the molecule is C=CCOc1ccc(/C=C(\C#N)C(=O)Nc2ccc(O)cc2)cc1Cl. The zero-order chi connectivity index (χ0) is 18.2. The van der Waals surface area contributed by atoms with E-state index >= 15 is 0 Å². The molecular weight excluding hydrogens is 340 g/mol. The number of amides is 1. The third-order valence-electron chi connectivity index (χ3n) is 3.11. The standard InChI is InChI=1S/C19H15ClN2O3/c1-2-9-25-18-8-3-13(11-17(18)20)10-14(12-21)19(24)22-15-4-6-16(23)7-5-15/h2-8,10-11,23H,1,9H2,(H,22,24)/b14-10+. The molecular formula is C19H15ClN2O3. The first kappa shape index (κ1) is 18.1. The summed E-state index contributed by atoms with van der Waals surface area (Å²) in [4.78, 5) is 12.2. The first-order valence-electron chi connectivity index (χ1n) is 7.29. The van der Waals surface area contributed by atoms with E-state index in [9.17, 15) is 15.2 Å². The van der Waals surface area contributed by atoms with Gasteiger partial charge < -0.3 is 15.2 Å². The van der Waals surface area contributed by atoms with Gasteiger partial charge in [-0.2, -0.15) is 5.26 Å². The van der Waals surface area contributed by atoms with E-state index in [-0.39, 0.29) is 11.3 Å². The summed E-state index contributed by atoms with van der Waals surface area (Å²) < 4.78 is 5.37. The molecule has 0 saturated carbocycles. The molecule has 5 nitrogen and oxygen atoms in total. The van der Waals surface area contributed by atoms with Crippen LogP contribution < -0.4 is 10.1 Å². The van der Waals surface area contributed by atoms with Crippen LogP contribution in [-0.4, -0.2) is 17.6 Å². The van der Waals surface area contributed by atoms with E-state index in [1.54, 1.807) is 24.3 Å². The summed E-state index contributed by atoms with van der Waals surface area (Å²) in [7, 11) is 0. The first-order chi connectivity index (χ1) is 12.0. The van der Waals surface area contributed by atoms with Gasteiger partial charge in [0.15, 0.2) is 0 Å². The lowest BCUT2D eigenvalue weighted by Gasteiger charge is -2.07. The average molecular weight is 355 g/mol. The van der Waals surface area contributed by atoms with Gasteiger partial charge in [-0.25, -0.2) is 0 Å². The summed E-state index contributed by atoms with van der Waals surface area (Å²) >= 11 is 6.12. The molecule has 0 unspecified atom stereocenters. The Kier molecular flexibility index (Phi) is 6.21. The van der Waals surface area contributed by atoms with Gasteiger partial charge in [0.2, 0.25) is 0 Å². The van der Waals surface area contributed by atoms with Crippen LogP contribution in [0.2, 0.25) is 5.02 Å². The van der Waals surface area contributed by atoms with Crippen LogP contribution in [0.1, 0.15) is 5.56 Å². The largest absolute Gasteiger partial charge is 0.508 e. The number of hydrogen-bond acceptors (Lipinski definition) is 4. The summed E-state index contributed by atoms with van der Waals surface area (Å²) in [6.07, 6.45) is 3.03. The Bertz CT molecular complexity index is 852. The van der Waals surface area contributed by atoms with Crippen molar-refractivity contribution in [3.63, 3.8) is 0 Å². The third kappa shape index (κ3) is 5.13. The van der Waals surface area contributed by atoms with Crippen LogP contribution in [-0.2, 0) is 4.79 Å². The second-order valence-electron chi connectivity index (χ2n) is 4.96. The number of nitrogens with one attached hydrogen (secondary N) is 1. The van der Waals surface area contributed by atoms with Gasteiger partial charge in [0.1, 0.15) is 29.7 Å². The molecule has 2 aromatic rings. The molecule has 0 spiro atoms. The van der Waals surface area contributed by atoms with Crippen molar-refractivity contribution >= 4 is 29.3 Å². The molecule has 2 aromatic carbocycles. The Morgan fingerprint density at radius 2 is 2.04 bits per heavy atom. The normalized spacial score (nSPS) is 10.6. The molecule has 0 atom stereocenters. The number of halogens is 1. The third-order valence-corrected chi connectivity index (χ3v) is 3.41. The highest BCUT2D eigenvalue weighted by Gasteiger charge is 2.10. The number of nitriles is 1. The lowest BCUT2D eigenvalue weighted by atomic mass is 10.1. The number of anilines is 1. The number of phenols is 1. The van der Waals surface area contributed by atoms with Gasteiger partial charge in [0.25, 0.3) is 5.91 Å². The highest BCUT2D eigenvalue weighted by atomic mass is 35.5. The molecule has 1 amide bonds. The van der Waals surface area contributed by atoms with E-state index < -0.39 is 5.91 Å². The second kappa shape index (κ2) is 8.57. The van der Waals surface area contributed by atoms with E-state index in [1.807, 2.05) is 6.07 Å². The Balaban J connectivity index is 2.17. The molecule has 0 aliphatic carbocycles. The monoisotopic (exact) mass is 354 g/mol. The Hall–Kier alpha value is -3.23. The minimum absolute atomic E-state index is 0.0797. The van der Waals surface area contributed by atoms with Crippen molar-refractivity contribution in [3.05, 3.63) is 71.3 Å². The van der Waals surface area contributed by atoms with Crippen molar-refractivity contribution in [1.29, 1.82) is 5.26 Å². The molecule has 2 rings (SSSR count). The molecule has 0 aliphatic heterocycles. The minimum atomic E-state index is -0.559. The average Bonchev–Trinajstić information content (AvgIpc) is 2.60. The predicted octanol–water partition coefficient (Wildman–Crippen LogP) is 4.16. The van der Waals surface area contributed by atoms with E-state index in [4.69, 9.17) is 16.3 Å². The van der Waals surface area contributed by atoms with E-state index in [1.165, 1.54) is 30.3 Å². The number of ether oxygens (including phenoxy) is 1. The maximum Gasteiger partial charge on any atom is 0.266 e. The van der Waals surface area contributed by atoms with Crippen molar-refractivity contribution in [2.24, 2.45) is 0 Å². The van der Waals surface area contributed by atoms with Crippen LogP contribution in [0, 0.1) is 11.3 Å². The summed E-state index contributed by atoms with van der Waals surface area (Å²) in [5, 5.41) is 21.4. The van der Waals surface area contributed by atoms with Crippen LogP contribution in [0.3, 0.4) is 0 Å². The van der Waals surface area contributed by atoms with Crippen molar-refractivity contribution in [2.45, 2.75) is 0 Å². The predicted molar refractivity (Wildman–Crippen MR) is 97.5 cm³/mol. The number of aromatic hydroxyl groups is 1. The van der Waals surface area contributed by atoms with E-state index in [0.717, 1.165) is 0 Å². The van der Waals surface area contributed by atoms with Crippen molar-refractivity contribution in [1.82, 2.24) is 0 Å². The number of rotatable bonds is 6. The summed E-state index contributed by atoms with van der Waals surface area (Å²) in [6.45, 7) is 3.89. The van der Waals surface area contributed by atoms with Gasteiger partial charge >= 0.3 is 0 Å². The van der Waals surface area contributed by atoms with Gasteiger partial charge in [-0.15, -0.1) is 0 Å². The number of carbonyl (C=O) groups is 1. The van der Waals surface area contributed by atoms with Crippen molar-refractivity contribution in [2.75, 3.05) is 11.9 Å². The number of phenolic OH excluding ortho intramolecular Hbond substituents is 1. The Labute approximate surface area is 150 Å². The fourth-order valence-electron chi connectivity index (χ4n) is 1.93. The zero-order valence-electron chi connectivity index (χ0n) is 13.2. The maximum atomic E-state index is 12.2. The molecule has 0 aromatic heterocycles. The summed E-state index contributed by atoms with van der Waals surface area (Å²) in [6, 6.07) is 12.8. The molecule has 25 heavy (non-hydrogen) atoms. The quantitative estimate of drug-likeness (QED) is 0.353. The van der Waals surface area contributed by atoms with Gasteiger partial charge in [0, 0.05) is 5.69 Å². The first-order valence-corrected chi connectivity index (χ1v) is 7.66. The number of benzene rings is 2. The highest BCUT2D eigenvalue weighted by molar-refractivity contribution is 6.32. The second-order valence-corrected chi connectivity index (χ2v) is 5.37. The summed E-state index contributed by atoms with van der Waals surface area (Å²) in [5.74, 6) is 0.0181. The molecule has 0 heterocycles. The van der Waals surface area contributed by atoms with Crippen molar-refractivity contribution < 1.29 is 14.6 Å². The molecule has 0 aliphatic rings. The van der Waals surface area contributed by atoms with Gasteiger partial charge in [-0.3, -0.25) is 4.79 Å². The van der Waals surface area contributed by atoms with Gasteiger partial charge in [0.05, 0.1) is 5.02 Å². The fraction of sp³-hybridized carbons (Fsp3) is 0.0526. The van der Waals surface area contributed by atoms with Crippen LogP contribution in [0.4, 0.5) is 5.69 Å². The number of hydrogen-bond donors (Lipinski definition) is 2. The molecule has 0 fully saturated rings. The highest BCUT2D eigenvalue weighted by Crippen LogP contribution is 2.26. The van der Waals surface area contributed by atoms with Gasteiger partial charge in [-0.1, -0.05) is 30.3 Å². The molecule has 126 valence electrons. The van der Waals surface area contributed by atoms with Crippen LogP contribution in [0.5, 0.6) is 11.5 Å². The Morgan fingerprint density at radius 1 is 1.32 bits per heavy atom. The van der Waals surface area contributed by atoms with Crippen LogP contribution in [0.25, 0.3) is 6.08 Å². The molecule has 2 N–H and O–H groups in total. The fourth-order valence-corrected chi connectivity index (χ4v) is 2.17. The molecule has 0 radical (unpaired) electrons. The molecule has 0 saturated heterocycles. The van der Waals surface area contributed by atoms with Crippen molar-refractivity contribution in [3.8, 4) is 17.6 Å². The smallest absolute Gasteiger partial charge is 0.266 e. The summed E-state index contributed by atoms with van der Waals surface area (Å²) in [5.41, 5.74) is 0.979. The maximum absolute atomic E-state index is 12.2. The Morgan fingerprint density at radius 3 is 2.64 bits per heavy atom. The van der Waals surface area contributed by atoms with Crippen LogP contribution >= 0.6 is 11.6 Å². The van der Waals surface area contributed by atoms with E-state index in [2.05, 4.69) is 11.9 Å². The van der Waals surface area contributed by atoms with E-state index in [0.29, 0.717) is 28.6 Å². The van der Waals surface area contributed by atoms with Crippen LogP contribution in [0.15, 0.2) is 60.7 Å². The van der Waals surface area contributed by atoms with Gasteiger partial charge in [-0.05, 0) is 48.0 Å². The molecule has 0 bridgehead atoms.